The van der Waals surface area contributed by atoms with E-state index in [0.717, 1.165) is 23.2 Å². The zero-order chi connectivity index (χ0) is 10.8. The highest BCUT2D eigenvalue weighted by Gasteiger charge is 2.58. The van der Waals surface area contributed by atoms with Crippen LogP contribution in [0.5, 0.6) is 0 Å². The van der Waals surface area contributed by atoms with Gasteiger partial charge in [0, 0.05) is 0 Å². The summed E-state index contributed by atoms with van der Waals surface area (Å²) in [5.74, 6) is 3.22. The smallest absolute Gasteiger partial charge is 0.0292 e. The number of hydrogen-bond donors (Lipinski definition) is 0. The van der Waals surface area contributed by atoms with Gasteiger partial charge in [0.15, 0.2) is 0 Å². The standard InChI is InChI=1S/C12H22.C2H6/c1-4-5-9(2)10-6-7-12(3)8-11(10)12;1-2/h9-11H,4-8H2,1-3H3;1-2H3. The lowest BCUT2D eigenvalue weighted by Gasteiger charge is -2.19. The number of rotatable bonds is 3. The highest BCUT2D eigenvalue weighted by Crippen LogP contribution is 2.67. The molecule has 2 aliphatic rings. The fourth-order valence-corrected chi connectivity index (χ4v) is 3.45. The summed E-state index contributed by atoms with van der Waals surface area (Å²) < 4.78 is 0. The van der Waals surface area contributed by atoms with E-state index in [0.29, 0.717) is 0 Å². The Kier molecular flexibility index (Phi) is 4.04. The first kappa shape index (κ1) is 12.1. The Balaban J connectivity index is 0.000000461. The van der Waals surface area contributed by atoms with Gasteiger partial charge >= 0.3 is 0 Å². The fraction of sp³-hybridized carbons (Fsp3) is 1.00. The molecule has 0 aromatic heterocycles. The van der Waals surface area contributed by atoms with Gasteiger partial charge in [-0.05, 0) is 42.4 Å². The molecular weight excluding hydrogens is 168 g/mol. The van der Waals surface area contributed by atoms with Crippen LogP contribution >= 0.6 is 0 Å². The van der Waals surface area contributed by atoms with Crippen LogP contribution in [-0.2, 0) is 0 Å². The first-order valence-electron chi connectivity index (χ1n) is 6.67. The summed E-state index contributed by atoms with van der Waals surface area (Å²) >= 11 is 0. The average Bonchev–Trinajstić information content (AvgIpc) is 2.73. The van der Waals surface area contributed by atoms with Crippen LogP contribution in [0.3, 0.4) is 0 Å². The molecule has 14 heavy (non-hydrogen) atoms. The van der Waals surface area contributed by atoms with Crippen LogP contribution in [0.15, 0.2) is 0 Å². The highest BCUT2D eigenvalue weighted by molar-refractivity contribution is 5.08. The van der Waals surface area contributed by atoms with Crippen LogP contribution in [0.25, 0.3) is 0 Å². The molecule has 0 heteroatoms. The molecule has 84 valence electrons. The lowest BCUT2D eigenvalue weighted by Crippen LogP contribution is -2.10. The SMILES string of the molecule is CC.CCCC(C)C1CCC2(C)CC12. The van der Waals surface area contributed by atoms with Crippen LogP contribution in [0, 0.1) is 23.2 Å². The topological polar surface area (TPSA) is 0 Å². The lowest BCUT2D eigenvalue weighted by atomic mass is 9.86. The van der Waals surface area contributed by atoms with E-state index in [1.165, 1.54) is 25.7 Å². The second-order valence-corrected chi connectivity index (χ2v) is 5.43. The Morgan fingerprint density at radius 1 is 1.36 bits per heavy atom. The zero-order valence-electron chi connectivity index (χ0n) is 10.8. The van der Waals surface area contributed by atoms with E-state index < -0.39 is 0 Å². The third-order valence-electron chi connectivity index (χ3n) is 4.46. The van der Waals surface area contributed by atoms with Gasteiger partial charge in [-0.3, -0.25) is 0 Å². The van der Waals surface area contributed by atoms with Crippen molar-refractivity contribution in [2.24, 2.45) is 23.2 Å². The van der Waals surface area contributed by atoms with Gasteiger partial charge in [-0.2, -0.15) is 0 Å². The minimum atomic E-state index is 0.812. The van der Waals surface area contributed by atoms with Crippen molar-refractivity contribution in [2.45, 2.75) is 66.7 Å². The van der Waals surface area contributed by atoms with Gasteiger partial charge in [0.1, 0.15) is 0 Å². The fourth-order valence-electron chi connectivity index (χ4n) is 3.45. The summed E-state index contributed by atoms with van der Waals surface area (Å²) in [4.78, 5) is 0. The van der Waals surface area contributed by atoms with E-state index in [1.54, 1.807) is 6.42 Å². The van der Waals surface area contributed by atoms with Crippen molar-refractivity contribution in [3.05, 3.63) is 0 Å². The Labute approximate surface area is 90.5 Å². The van der Waals surface area contributed by atoms with Crippen LogP contribution in [-0.4, -0.2) is 0 Å². The molecule has 0 N–H and O–H groups in total. The summed E-state index contributed by atoms with van der Waals surface area (Å²) in [7, 11) is 0. The Bertz CT molecular complexity index is 173. The van der Waals surface area contributed by atoms with Gasteiger partial charge < -0.3 is 0 Å². The van der Waals surface area contributed by atoms with Crippen molar-refractivity contribution >= 4 is 0 Å². The lowest BCUT2D eigenvalue weighted by molar-refractivity contribution is 0.307. The van der Waals surface area contributed by atoms with Crippen molar-refractivity contribution in [3.8, 4) is 0 Å². The quantitative estimate of drug-likeness (QED) is 0.603. The predicted octanol–water partition coefficient (Wildman–Crippen LogP) is 4.89. The summed E-state index contributed by atoms with van der Waals surface area (Å²) in [6.45, 7) is 11.3. The molecular formula is C14H28. The summed E-state index contributed by atoms with van der Waals surface area (Å²) in [6, 6.07) is 0. The molecule has 0 amide bonds. The summed E-state index contributed by atoms with van der Waals surface area (Å²) in [5, 5.41) is 0. The van der Waals surface area contributed by atoms with Gasteiger partial charge in [-0.25, -0.2) is 0 Å². The first-order chi connectivity index (χ1) is 6.67. The van der Waals surface area contributed by atoms with E-state index in [2.05, 4.69) is 20.8 Å². The molecule has 2 fully saturated rings. The zero-order valence-corrected chi connectivity index (χ0v) is 10.8. The van der Waals surface area contributed by atoms with Crippen molar-refractivity contribution in [1.29, 1.82) is 0 Å². The van der Waals surface area contributed by atoms with E-state index >= 15 is 0 Å². The average molecular weight is 196 g/mol. The van der Waals surface area contributed by atoms with E-state index in [4.69, 9.17) is 0 Å². The van der Waals surface area contributed by atoms with E-state index in [9.17, 15) is 0 Å². The van der Waals surface area contributed by atoms with E-state index in [-0.39, 0.29) is 0 Å². The highest BCUT2D eigenvalue weighted by atomic mass is 14.6. The van der Waals surface area contributed by atoms with Gasteiger partial charge in [-0.15, -0.1) is 0 Å². The molecule has 0 heterocycles. The number of fused-ring (bicyclic) bond motifs is 1. The van der Waals surface area contributed by atoms with Crippen molar-refractivity contribution in [3.63, 3.8) is 0 Å². The van der Waals surface area contributed by atoms with Gasteiger partial charge in [0.25, 0.3) is 0 Å². The molecule has 2 aliphatic carbocycles. The van der Waals surface area contributed by atoms with E-state index in [1.807, 2.05) is 13.8 Å². The largest absolute Gasteiger partial charge is 0.0683 e. The van der Waals surface area contributed by atoms with Crippen LogP contribution in [0.1, 0.15) is 66.7 Å². The second kappa shape index (κ2) is 4.68. The minimum Gasteiger partial charge on any atom is -0.0683 e. The molecule has 0 aliphatic heterocycles. The Morgan fingerprint density at radius 2 is 2.00 bits per heavy atom. The van der Waals surface area contributed by atoms with Crippen molar-refractivity contribution in [1.82, 2.24) is 0 Å². The first-order valence-corrected chi connectivity index (χ1v) is 6.67. The minimum absolute atomic E-state index is 0.812. The van der Waals surface area contributed by atoms with Gasteiger partial charge in [0.05, 0.1) is 0 Å². The monoisotopic (exact) mass is 196 g/mol. The molecule has 0 bridgehead atoms. The maximum atomic E-state index is 2.50. The number of hydrogen-bond acceptors (Lipinski definition) is 0. The molecule has 2 saturated carbocycles. The molecule has 4 unspecified atom stereocenters. The van der Waals surface area contributed by atoms with Gasteiger partial charge in [-0.1, -0.05) is 47.5 Å². The second-order valence-electron chi connectivity index (χ2n) is 5.43. The van der Waals surface area contributed by atoms with Crippen molar-refractivity contribution in [2.75, 3.05) is 0 Å². The molecule has 0 nitrogen and oxygen atoms in total. The van der Waals surface area contributed by atoms with Gasteiger partial charge in [0.2, 0.25) is 0 Å². The Hall–Kier alpha value is 0. The normalized spacial score (nSPS) is 40.9. The van der Waals surface area contributed by atoms with Crippen molar-refractivity contribution < 1.29 is 0 Å². The molecule has 2 rings (SSSR count). The molecule has 0 aromatic rings. The summed E-state index contributed by atoms with van der Waals surface area (Å²) in [6.07, 6.45) is 7.43. The summed E-state index contributed by atoms with van der Waals surface area (Å²) in [5.41, 5.74) is 0.812. The predicted molar refractivity (Wildman–Crippen MR) is 64.4 cm³/mol. The molecule has 0 radical (unpaired) electrons. The molecule has 0 spiro atoms. The molecule has 0 aromatic carbocycles. The Morgan fingerprint density at radius 3 is 2.36 bits per heavy atom. The third-order valence-corrected chi connectivity index (χ3v) is 4.46. The molecule has 4 atom stereocenters. The third kappa shape index (κ3) is 2.15. The van der Waals surface area contributed by atoms with Crippen LogP contribution in [0.2, 0.25) is 0 Å². The maximum Gasteiger partial charge on any atom is -0.0292 e. The maximum absolute atomic E-state index is 2.50. The molecule has 0 saturated heterocycles. The van der Waals surface area contributed by atoms with Crippen LogP contribution in [0.4, 0.5) is 0 Å². The van der Waals surface area contributed by atoms with Crippen LogP contribution < -0.4 is 0 Å².